The summed E-state index contributed by atoms with van der Waals surface area (Å²) < 4.78 is 26.2. The Balaban J connectivity index is 2.41. The van der Waals surface area contributed by atoms with Gasteiger partial charge in [-0.25, -0.2) is 13.4 Å². The van der Waals surface area contributed by atoms with Gasteiger partial charge in [-0.15, -0.1) is 0 Å². The van der Waals surface area contributed by atoms with Crippen LogP contribution < -0.4 is 5.32 Å². The molecule has 0 unspecified atom stereocenters. The molecule has 1 aliphatic heterocycles. The average molecular weight is 355 g/mol. The Morgan fingerprint density at radius 2 is 2.22 bits per heavy atom. The zero-order valence-electron chi connectivity index (χ0n) is 9.06. The molecular formula is C9H9BrClN3O3S. The largest absolute Gasteiger partial charge is 0.354 e. The monoisotopic (exact) mass is 353 g/mol. The maximum atomic E-state index is 12.3. The van der Waals surface area contributed by atoms with Gasteiger partial charge in [0.25, 0.3) is 0 Å². The van der Waals surface area contributed by atoms with Crippen LogP contribution in [0.15, 0.2) is 21.6 Å². The summed E-state index contributed by atoms with van der Waals surface area (Å²) >= 11 is 8.94. The molecule has 1 aromatic rings. The fourth-order valence-electron chi connectivity index (χ4n) is 1.54. The predicted octanol–water partition coefficient (Wildman–Crippen LogP) is 0.618. The molecule has 0 aromatic carbocycles. The van der Waals surface area contributed by atoms with Crippen molar-refractivity contribution in [3.8, 4) is 0 Å². The summed E-state index contributed by atoms with van der Waals surface area (Å²) in [4.78, 5) is 14.9. The molecular weight excluding hydrogens is 346 g/mol. The molecule has 9 heteroatoms. The molecule has 1 aromatic heterocycles. The Bertz CT molecular complexity index is 593. The minimum absolute atomic E-state index is 0.103. The summed E-state index contributed by atoms with van der Waals surface area (Å²) in [6, 6.07) is 1.37. The van der Waals surface area contributed by atoms with E-state index in [0.717, 1.165) is 4.31 Å². The van der Waals surface area contributed by atoms with Gasteiger partial charge >= 0.3 is 0 Å². The molecule has 0 atom stereocenters. The Labute approximate surface area is 118 Å². The topological polar surface area (TPSA) is 79.4 Å². The summed E-state index contributed by atoms with van der Waals surface area (Å²) in [7, 11) is -3.80. The SMILES string of the molecule is O=C1CN(S(=O)(=O)c2cc(Br)cnc2Cl)CCN1. The van der Waals surface area contributed by atoms with Crippen LogP contribution in [0.5, 0.6) is 0 Å². The quantitative estimate of drug-likeness (QED) is 0.790. The molecule has 1 aliphatic rings. The molecule has 1 amide bonds. The Kier molecular flexibility index (Phi) is 3.90. The number of nitrogens with zero attached hydrogens (tertiary/aromatic N) is 2. The lowest BCUT2D eigenvalue weighted by Crippen LogP contribution is -2.49. The van der Waals surface area contributed by atoms with E-state index < -0.39 is 10.0 Å². The lowest BCUT2D eigenvalue weighted by Gasteiger charge is -2.26. The summed E-state index contributed by atoms with van der Waals surface area (Å²) in [6.07, 6.45) is 1.41. The van der Waals surface area contributed by atoms with Crippen molar-refractivity contribution in [3.05, 3.63) is 21.9 Å². The minimum atomic E-state index is -3.80. The van der Waals surface area contributed by atoms with Crippen LogP contribution in [-0.2, 0) is 14.8 Å². The van der Waals surface area contributed by atoms with E-state index in [9.17, 15) is 13.2 Å². The van der Waals surface area contributed by atoms with Crippen LogP contribution in [-0.4, -0.2) is 43.2 Å². The van der Waals surface area contributed by atoms with Gasteiger partial charge in [0.2, 0.25) is 15.9 Å². The summed E-state index contributed by atoms with van der Waals surface area (Å²) in [5.74, 6) is -0.330. The lowest BCUT2D eigenvalue weighted by atomic mass is 10.4. The van der Waals surface area contributed by atoms with Gasteiger partial charge in [-0.3, -0.25) is 4.79 Å². The highest BCUT2D eigenvalue weighted by atomic mass is 79.9. The highest BCUT2D eigenvalue weighted by molar-refractivity contribution is 9.10. The van der Waals surface area contributed by atoms with Crippen molar-refractivity contribution in [1.29, 1.82) is 0 Å². The molecule has 1 N–H and O–H groups in total. The van der Waals surface area contributed by atoms with Gasteiger partial charge in [-0.1, -0.05) is 11.6 Å². The van der Waals surface area contributed by atoms with Crippen LogP contribution in [0.4, 0.5) is 0 Å². The van der Waals surface area contributed by atoms with Gasteiger partial charge in [0.15, 0.2) is 0 Å². The summed E-state index contributed by atoms with van der Waals surface area (Å²) in [6.45, 7) is 0.305. The predicted molar refractivity (Wildman–Crippen MR) is 68.7 cm³/mol. The number of sulfonamides is 1. The van der Waals surface area contributed by atoms with Gasteiger partial charge in [0.1, 0.15) is 10.0 Å². The average Bonchev–Trinajstić information content (AvgIpc) is 2.32. The third-order valence-electron chi connectivity index (χ3n) is 2.39. The molecule has 1 fully saturated rings. The number of hydrogen-bond acceptors (Lipinski definition) is 4. The van der Waals surface area contributed by atoms with Crippen molar-refractivity contribution in [3.63, 3.8) is 0 Å². The smallest absolute Gasteiger partial charge is 0.246 e. The number of amides is 1. The van der Waals surface area contributed by atoms with Crippen LogP contribution in [0, 0.1) is 0 Å². The molecule has 2 heterocycles. The van der Waals surface area contributed by atoms with Crippen LogP contribution in [0.25, 0.3) is 0 Å². The minimum Gasteiger partial charge on any atom is -0.354 e. The summed E-state index contributed by atoms with van der Waals surface area (Å²) in [5, 5.41) is 2.45. The number of piperazine rings is 1. The van der Waals surface area contributed by atoms with Crippen LogP contribution in [0.1, 0.15) is 0 Å². The van der Waals surface area contributed by atoms with Crippen molar-refractivity contribution < 1.29 is 13.2 Å². The second-order valence-corrected chi connectivity index (χ2v) is 6.81. The van der Waals surface area contributed by atoms with E-state index in [0.29, 0.717) is 4.47 Å². The van der Waals surface area contributed by atoms with E-state index in [1.807, 2.05) is 0 Å². The molecule has 18 heavy (non-hydrogen) atoms. The lowest BCUT2D eigenvalue weighted by molar-refractivity contribution is -0.122. The fraction of sp³-hybridized carbons (Fsp3) is 0.333. The van der Waals surface area contributed by atoms with Gasteiger partial charge in [0, 0.05) is 23.8 Å². The zero-order chi connectivity index (χ0) is 13.3. The van der Waals surface area contributed by atoms with Crippen molar-refractivity contribution >= 4 is 43.5 Å². The highest BCUT2D eigenvalue weighted by Gasteiger charge is 2.31. The standard InChI is InChI=1S/C9H9BrClN3O3S/c10-6-3-7(9(11)13-4-6)18(16,17)14-2-1-12-8(15)5-14/h3-4H,1-2,5H2,(H,12,15). The van der Waals surface area contributed by atoms with E-state index >= 15 is 0 Å². The van der Waals surface area contributed by atoms with E-state index in [4.69, 9.17) is 11.6 Å². The van der Waals surface area contributed by atoms with Gasteiger partial charge in [-0.05, 0) is 22.0 Å². The molecule has 1 saturated heterocycles. The molecule has 0 radical (unpaired) electrons. The number of carbonyl (C=O) groups excluding carboxylic acids is 1. The number of aromatic nitrogens is 1. The van der Waals surface area contributed by atoms with Crippen LogP contribution >= 0.6 is 27.5 Å². The maximum absolute atomic E-state index is 12.3. The first-order valence-electron chi connectivity index (χ1n) is 4.99. The number of nitrogens with one attached hydrogen (secondary N) is 1. The Morgan fingerprint density at radius 3 is 2.89 bits per heavy atom. The number of carbonyl (C=O) groups is 1. The summed E-state index contributed by atoms with van der Waals surface area (Å²) in [5.41, 5.74) is 0. The first-order chi connectivity index (χ1) is 8.41. The molecule has 0 aliphatic carbocycles. The Hall–Kier alpha value is -0.700. The van der Waals surface area contributed by atoms with Gasteiger partial charge in [-0.2, -0.15) is 4.31 Å². The third-order valence-corrected chi connectivity index (χ3v) is 5.10. The van der Waals surface area contributed by atoms with Gasteiger partial charge < -0.3 is 5.32 Å². The number of rotatable bonds is 2. The zero-order valence-corrected chi connectivity index (χ0v) is 12.2. The molecule has 0 saturated carbocycles. The molecule has 6 nitrogen and oxygen atoms in total. The number of hydrogen-bond donors (Lipinski definition) is 1. The second kappa shape index (κ2) is 5.12. The van der Waals surface area contributed by atoms with Gasteiger partial charge in [0.05, 0.1) is 6.54 Å². The maximum Gasteiger partial charge on any atom is 0.246 e. The molecule has 2 rings (SSSR count). The van der Waals surface area contributed by atoms with Crippen molar-refractivity contribution in [2.24, 2.45) is 0 Å². The van der Waals surface area contributed by atoms with Crippen molar-refractivity contribution in [2.45, 2.75) is 4.90 Å². The molecule has 0 bridgehead atoms. The first-order valence-corrected chi connectivity index (χ1v) is 7.60. The fourth-order valence-corrected chi connectivity index (χ4v) is 3.86. The second-order valence-electron chi connectivity index (χ2n) is 3.63. The molecule has 98 valence electrons. The van der Waals surface area contributed by atoms with Crippen molar-refractivity contribution in [1.82, 2.24) is 14.6 Å². The number of halogens is 2. The van der Waals surface area contributed by atoms with Crippen LogP contribution in [0.3, 0.4) is 0 Å². The van der Waals surface area contributed by atoms with E-state index in [2.05, 4.69) is 26.2 Å². The third kappa shape index (κ3) is 2.66. The van der Waals surface area contributed by atoms with Crippen LogP contribution in [0.2, 0.25) is 5.15 Å². The number of pyridine rings is 1. The van der Waals surface area contributed by atoms with E-state index in [-0.39, 0.29) is 35.6 Å². The van der Waals surface area contributed by atoms with E-state index in [1.54, 1.807) is 0 Å². The molecule has 0 spiro atoms. The van der Waals surface area contributed by atoms with Crippen molar-refractivity contribution in [2.75, 3.05) is 19.6 Å². The first kappa shape index (κ1) is 13.7. The van der Waals surface area contributed by atoms with E-state index in [1.165, 1.54) is 12.3 Å². The highest BCUT2D eigenvalue weighted by Crippen LogP contribution is 2.25. The Morgan fingerprint density at radius 1 is 1.50 bits per heavy atom. The normalized spacial score (nSPS) is 17.6.